The first-order chi connectivity index (χ1) is 33.9. The van der Waals surface area contributed by atoms with E-state index in [0.717, 1.165) is 5.56 Å². The molecule has 0 saturated carbocycles. The molecule has 0 heterocycles. The Morgan fingerprint density at radius 1 is 0.507 bits per heavy atom. The molecule has 10 atom stereocenters. The number of carboxylic acids is 2. The van der Waals surface area contributed by atoms with Crippen molar-refractivity contribution in [3.05, 3.63) is 35.9 Å². The normalized spacial score (nSPS) is 15.2. The zero-order valence-corrected chi connectivity index (χ0v) is 43.2. The molecular formula is C47H77N13O13. The minimum absolute atomic E-state index is 0.0123. The maximum atomic E-state index is 13.7. The van der Waals surface area contributed by atoms with Gasteiger partial charge in [0.1, 0.15) is 54.4 Å². The SMILES string of the molecule is CC(C)C[C@H](NC(=O)[C@H](C)NC(=O)[C@H](CCCN=C(N)N)NC(=O)[C@H](C)NC(=O)[C@@H](N)Cc1ccccc1)C(=O)N[C@@H](C)C(=O)N[C@H](C(=O)N[C@@H](C)C(=O)N[C@H](C(=O)N[C@@H](CC(=O)O)C(=O)O)C(C)C)C(C)C. The number of aliphatic carboxylic acids is 2. The molecule has 17 N–H and O–H groups in total. The second-order valence-electron chi connectivity index (χ2n) is 18.9. The first-order valence-electron chi connectivity index (χ1n) is 24.0. The zero-order chi connectivity index (χ0) is 55.9. The molecule has 9 amide bonds. The number of guanidine groups is 1. The average Bonchev–Trinajstić information content (AvgIpc) is 3.29. The lowest BCUT2D eigenvalue weighted by molar-refractivity contribution is -0.147. The minimum Gasteiger partial charge on any atom is -0.481 e. The van der Waals surface area contributed by atoms with Gasteiger partial charge >= 0.3 is 11.9 Å². The molecule has 0 spiro atoms. The van der Waals surface area contributed by atoms with E-state index in [0.29, 0.717) is 0 Å². The second kappa shape index (κ2) is 31.2. The van der Waals surface area contributed by atoms with Gasteiger partial charge in [0.15, 0.2) is 5.96 Å². The smallest absolute Gasteiger partial charge is 0.326 e. The van der Waals surface area contributed by atoms with Gasteiger partial charge in [-0.05, 0) is 76.7 Å². The number of nitrogens with two attached hydrogens (primary N) is 3. The van der Waals surface area contributed by atoms with Crippen LogP contribution in [-0.2, 0) is 59.2 Å². The molecule has 73 heavy (non-hydrogen) atoms. The molecule has 0 radical (unpaired) electrons. The van der Waals surface area contributed by atoms with Gasteiger partial charge in [0.2, 0.25) is 53.2 Å². The van der Waals surface area contributed by atoms with Gasteiger partial charge in [-0.1, -0.05) is 71.9 Å². The number of amides is 9. The van der Waals surface area contributed by atoms with Crippen molar-refractivity contribution in [2.75, 3.05) is 6.54 Å². The molecule has 0 aromatic heterocycles. The Balaban J connectivity index is 3.04. The lowest BCUT2D eigenvalue weighted by Crippen LogP contribution is -2.60. The summed E-state index contributed by atoms with van der Waals surface area (Å²) in [6.45, 7) is 15.4. The van der Waals surface area contributed by atoms with Crippen molar-refractivity contribution in [2.24, 2.45) is 39.9 Å². The number of benzene rings is 1. The van der Waals surface area contributed by atoms with Gasteiger partial charge in [-0.3, -0.25) is 52.9 Å². The number of hydrogen-bond donors (Lipinski definition) is 14. The van der Waals surface area contributed by atoms with Crippen LogP contribution >= 0.6 is 0 Å². The standard InChI is InChI=1S/C47H77N13O13/c1-22(2)19-32(57-38(64)26(8)53-42(68)31(17-14-18-51-47(49)50)56-37(63)25(7)52-41(67)30(48)20-29-15-12-11-13-16-29)43(69)54-27(9)39(65)59-35(23(3)4)44(70)55-28(10)40(66)60-36(24(5)6)45(71)58-33(46(72)73)21-34(61)62/h11-13,15-16,22-28,30-33,35-36H,14,17-21,48H2,1-10H3,(H,52,67)(H,53,68)(H,54,69)(H,55,70)(H,56,63)(H,57,64)(H,58,71)(H,59,65)(H,60,66)(H,61,62)(H,72,73)(H4,49,50,51)/t25-,26-,27-,28-,30-,31-,32-,33-,35-,36-/m0/s1. The van der Waals surface area contributed by atoms with Crippen molar-refractivity contribution in [1.82, 2.24) is 47.9 Å². The molecule has 1 aromatic carbocycles. The lowest BCUT2D eigenvalue weighted by atomic mass is 10.0. The lowest BCUT2D eigenvalue weighted by Gasteiger charge is -2.28. The highest BCUT2D eigenvalue weighted by Crippen LogP contribution is 2.10. The van der Waals surface area contributed by atoms with Gasteiger partial charge in [-0.25, -0.2) is 4.79 Å². The Bertz CT molecular complexity index is 2120. The van der Waals surface area contributed by atoms with Crippen LogP contribution in [0.4, 0.5) is 0 Å². The maximum Gasteiger partial charge on any atom is 0.326 e. The summed E-state index contributed by atoms with van der Waals surface area (Å²) in [6, 6.07) is -3.69. The van der Waals surface area contributed by atoms with Crippen molar-refractivity contribution in [3.63, 3.8) is 0 Å². The van der Waals surface area contributed by atoms with Crippen molar-refractivity contribution < 1.29 is 63.0 Å². The van der Waals surface area contributed by atoms with Crippen molar-refractivity contribution in [2.45, 2.75) is 162 Å². The molecule has 0 unspecified atom stereocenters. The minimum atomic E-state index is -1.77. The van der Waals surface area contributed by atoms with E-state index >= 15 is 0 Å². The first-order valence-corrected chi connectivity index (χ1v) is 24.0. The number of carbonyl (C=O) groups is 11. The highest BCUT2D eigenvalue weighted by Gasteiger charge is 2.35. The van der Waals surface area contributed by atoms with Gasteiger partial charge in [-0.2, -0.15) is 0 Å². The van der Waals surface area contributed by atoms with Crippen LogP contribution in [-0.4, -0.2) is 148 Å². The van der Waals surface area contributed by atoms with E-state index in [-0.39, 0.29) is 44.1 Å². The van der Waals surface area contributed by atoms with Crippen LogP contribution < -0.4 is 65.1 Å². The topological polar surface area (TPSA) is 427 Å². The van der Waals surface area contributed by atoms with Gasteiger partial charge < -0.3 is 75.3 Å². The third kappa shape index (κ3) is 23.6. The number of aliphatic imine (C=N–C) groups is 1. The first kappa shape index (κ1) is 63.6. The molecule has 26 heteroatoms. The van der Waals surface area contributed by atoms with Gasteiger partial charge in [0, 0.05) is 6.54 Å². The van der Waals surface area contributed by atoms with Crippen molar-refractivity contribution >= 4 is 71.1 Å². The summed E-state index contributed by atoms with van der Waals surface area (Å²) in [4.78, 5) is 146. The third-order valence-corrected chi connectivity index (χ3v) is 11.0. The molecule has 1 rings (SSSR count). The highest BCUT2D eigenvalue weighted by atomic mass is 16.4. The van der Waals surface area contributed by atoms with Gasteiger partial charge in [0.25, 0.3) is 0 Å². The molecule has 0 aliphatic heterocycles. The van der Waals surface area contributed by atoms with Crippen LogP contribution in [0.15, 0.2) is 35.3 Å². The average molecular weight is 1030 g/mol. The highest BCUT2D eigenvalue weighted by molar-refractivity contribution is 5.98. The van der Waals surface area contributed by atoms with Crippen LogP contribution in [0, 0.1) is 17.8 Å². The predicted molar refractivity (Wildman–Crippen MR) is 267 cm³/mol. The fourth-order valence-electron chi connectivity index (χ4n) is 6.81. The van der Waals surface area contributed by atoms with Gasteiger partial charge in [-0.15, -0.1) is 0 Å². The molecule has 408 valence electrons. The van der Waals surface area contributed by atoms with Crippen LogP contribution in [0.25, 0.3) is 0 Å². The number of carboxylic acid groups (broad SMARTS) is 2. The summed E-state index contributed by atoms with van der Waals surface area (Å²) >= 11 is 0. The Labute approximate surface area is 425 Å². The Hall–Kier alpha value is -7.38. The second-order valence-corrected chi connectivity index (χ2v) is 18.9. The van der Waals surface area contributed by atoms with E-state index in [9.17, 15) is 57.8 Å². The number of nitrogens with zero attached hydrogens (tertiary/aromatic N) is 1. The van der Waals surface area contributed by atoms with E-state index in [4.69, 9.17) is 22.3 Å². The van der Waals surface area contributed by atoms with Crippen LogP contribution in [0.2, 0.25) is 0 Å². The van der Waals surface area contributed by atoms with Crippen LogP contribution in [0.3, 0.4) is 0 Å². The Morgan fingerprint density at radius 2 is 0.904 bits per heavy atom. The summed E-state index contributed by atoms with van der Waals surface area (Å²) in [6.07, 6.45) is -0.377. The van der Waals surface area contributed by atoms with E-state index in [2.05, 4.69) is 52.8 Å². The molecule has 0 aliphatic rings. The molecule has 0 aliphatic carbocycles. The Morgan fingerprint density at radius 3 is 1.33 bits per heavy atom. The summed E-state index contributed by atoms with van der Waals surface area (Å²) in [7, 11) is 0. The van der Waals surface area contributed by atoms with E-state index < -0.39 is 144 Å². The van der Waals surface area contributed by atoms with Crippen molar-refractivity contribution in [3.8, 4) is 0 Å². The molecule has 1 aromatic rings. The number of carbonyl (C=O) groups excluding carboxylic acids is 9. The zero-order valence-electron chi connectivity index (χ0n) is 43.2. The fraction of sp³-hybridized carbons (Fsp3) is 0.617. The fourth-order valence-corrected chi connectivity index (χ4v) is 6.81. The maximum absolute atomic E-state index is 13.7. The predicted octanol–water partition coefficient (Wildman–Crippen LogP) is -3.03. The largest absolute Gasteiger partial charge is 0.481 e. The monoisotopic (exact) mass is 1030 g/mol. The van der Waals surface area contributed by atoms with Gasteiger partial charge in [0.05, 0.1) is 12.5 Å². The molecule has 26 nitrogen and oxygen atoms in total. The summed E-state index contributed by atoms with van der Waals surface area (Å²) < 4.78 is 0. The molecular weight excluding hydrogens is 955 g/mol. The summed E-state index contributed by atoms with van der Waals surface area (Å²) in [5, 5.41) is 40.7. The number of nitrogens with one attached hydrogen (secondary N) is 9. The van der Waals surface area contributed by atoms with Crippen LogP contribution in [0.1, 0.15) is 100 Å². The summed E-state index contributed by atoms with van der Waals surface area (Å²) in [5.41, 5.74) is 17.8. The van der Waals surface area contributed by atoms with Crippen molar-refractivity contribution in [1.29, 1.82) is 0 Å². The van der Waals surface area contributed by atoms with E-state index in [1.165, 1.54) is 27.7 Å². The Kier molecular flexibility index (Phi) is 27.2. The quantitative estimate of drug-likeness (QED) is 0.0200. The summed E-state index contributed by atoms with van der Waals surface area (Å²) in [5.74, 6) is -11.7. The number of rotatable bonds is 31. The molecule has 0 saturated heterocycles. The van der Waals surface area contributed by atoms with E-state index in [1.807, 2.05) is 6.07 Å². The molecule has 0 fully saturated rings. The van der Waals surface area contributed by atoms with E-state index in [1.54, 1.807) is 65.8 Å². The van der Waals surface area contributed by atoms with Crippen LogP contribution in [0.5, 0.6) is 0 Å². The molecule has 0 bridgehead atoms. The number of hydrogen-bond acceptors (Lipinski definition) is 13. The third-order valence-electron chi connectivity index (χ3n) is 11.0.